The minimum absolute atomic E-state index is 0.0465. The van der Waals surface area contributed by atoms with Gasteiger partial charge in [0.25, 0.3) is 5.91 Å². The summed E-state index contributed by atoms with van der Waals surface area (Å²) in [7, 11) is -3.54. The van der Waals surface area contributed by atoms with Crippen molar-refractivity contribution < 1.29 is 23.1 Å². The fraction of sp³-hybridized carbons (Fsp3) is 0.344. The van der Waals surface area contributed by atoms with Crippen molar-refractivity contribution in [1.82, 2.24) is 10.2 Å². The van der Waals surface area contributed by atoms with E-state index < -0.39 is 33.6 Å². The van der Waals surface area contributed by atoms with Crippen LogP contribution in [0.4, 0.5) is 0 Å². The Hall–Kier alpha value is -4.02. The number of nitrogens with zero attached hydrogens (tertiary/aromatic N) is 2. The molecule has 0 unspecified atom stereocenters. The molecule has 220 valence electrons. The second kappa shape index (κ2) is 11.3. The largest absolute Gasteiger partial charge is 0.390 e. The minimum atomic E-state index is -3.54. The lowest BCUT2D eigenvalue weighted by atomic mass is 9.86. The van der Waals surface area contributed by atoms with Crippen LogP contribution in [0.5, 0.6) is 0 Å². The van der Waals surface area contributed by atoms with Gasteiger partial charge < -0.3 is 16.2 Å². The van der Waals surface area contributed by atoms with Crippen LogP contribution in [-0.2, 0) is 21.1 Å². The van der Waals surface area contributed by atoms with Gasteiger partial charge in [-0.1, -0.05) is 62.4 Å². The number of benzene rings is 3. The fourth-order valence-corrected chi connectivity index (χ4v) is 6.67. The molecule has 0 saturated heterocycles. The average molecular weight is 589 g/mol. The summed E-state index contributed by atoms with van der Waals surface area (Å²) in [5.41, 5.74) is 9.16. The summed E-state index contributed by atoms with van der Waals surface area (Å²) in [4.78, 5) is 33.5. The predicted molar refractivity (Wildman–Crippen MR) is 161 cm³/mol. The molecule has 0 fully saturated rings. The molecular weight excluding hydrogens is 552 g/mol. The maximum atomic E-state index is 13.7. The number of hydrogen-bond donors (Lipinski definition) is 3. The van der Waals surface area contributed by atoms with Gasteiger partial charge in [0.15, 0.2) is 15.8 Å². The highest BCUT2D eigenvalue weighted by Gasteiger charge is 2.41. The molecular formula is C32H36N4O5S. The lowest BCUT2D eigenvalue weighted by Crippen LogP contribution is -2.52. The number of aliphatic hydroxyl groups is 1. The van der Waals surface area contributed by atoms with Gasteiger partial charge in [0.05, 0.1) is 35.0 Å². The third-order valence-electron chi connectivity index (χ3n) is 8.48. The monoisotopic (exact) mass is 588 g/mol. The molecule has 0 saturated carbocycles. The van der Waals surface area contributed by atoms with E-state index in [1.54, 1.807) is 36.4 Å². The molecule has 1 aliphatic carbocycles. The van der Waals surface area contributed by atoms with E-state index in [2.05, 4.69) is 5.32 Å². The first-order chi connectivity index (χ1) is 20.0. The molecule has 0 bridgehead atoms. The first kappa shape index (κ1) is 29.5. The van der Waals surface area contributed by atoms with Gasteiger partial charge in [-0.05, 0) is 59.4 Å². The molecule has 3 aromatic rings. The molecule has 10 heteroatoms. The van der Waals surface area contributed by atoms with Gasteiger partial charge in [0, 0.05) is 18.2 Å². The Morgan fingerprint density at radius 1 is 1.07 bits per heavy atom. The van der Waals surface area contributed by atoms with Crippen molar-refractivity contribution in [3.8, 4) is 0 Å². The lowest BCUT2D eigenvalue weighted by molar-refractivity contribution is -0.131. The molecule has 5 rings (SSSR count). The van der Waals surface area contributed by atoms with E-state index in [0.717, 1.165) is 17.4 Å². The first-order valence-corrected chi connectivity index (χ1v) is 16.0. The van der Waals surface area contributed by atoms with E-state index in [1.165, 1.54) is 17.0 Å². The number of amides is 2. The van der Waals surface area contributed by atoms with Crippen molar-refractivity contribution in [2.75, 3.05) is 6.26 Å². The van der Waals surface area contributed by atoms with Crippen LogP contribution >= 0.6 is 0 Å². The SMILES string of the molecule is CCC1(CC)CC(=O)N([C@H](c2cccc(C(=O)N[C@@H]3c4ccccc4C[C@H]3O)c2)c2cccc(S(C)(=O)=O)c2)C(N)=N1. The van der Waals surface area contributed by atoms with E-state index in [4.69, 9.17) is 10.7 Å². The van der Waals surface area contributed by atoms with Gasteiger partial charge in [-0.15, -0.1) is 0 Å². The smallest absolute Gasteiger partial charge is 0.251 e. The summed E-state index contributed by atoms with van der Waals surface area (Å²) in [5.74, 6) is -0.574. The molecule has 2 amide bonds. The van der Waals surface area contributed by atoms with E-state index in [9.17, 15) is 23.1 Å². The summed E-state index contributed by atoms with van der Waals surface area (Å²) in [6.07, 6.45) is 2.27. The fourth-order valence-electron chi connectivity index (χ4n) is 5.99. The number of fused-ring (bicyclic) bond motifs is 1. The van der Waals surface area contributed by atoms with Crippen LogP contribution in [0, 0.1) is 0 Å². The van der Waals surface area contributed by atoms with Crippen molar-refractivity contribution >= 4 is 27.6 Å². The molecule has 0 radical (unpaired) electrons. The molecule has 1 aliphatic heterocycles. The van der Waals surface area contributed by atoms with Crippen LogP contribution in [0.1, 0.15) is 77.8 Å². The normalized spacial score (nSPS) is 20.5. The minimum Gasteiger partial charge on any atom is -0.390 e. The van der Waals surface area contributed by atoms with Gasteiger partial charge in [-0.25, -0.2) is 13.4 Å². The van der Waals surface area contributed by atoms with Crippen molar-refractivity contribution in [2.45, 2.75) is 68.2 Å². The number of rotatable bonds is 8. The highest BCUT2D eigenvalue weighted by Crippen LogP contribution is 2.37. The summed E-state index contributed by atoms with van der Waals surface area (Å²) in [6, 6.07) is 19.4. The summed E-state index contributed by atoms with van der Waals surface area (Å²) < 4.78 is 24.9. The van der Waals surface area contributed by atoms with Crippen LogP contribution < -0.4 is 11.1 Å². The molecule has 1 heterocycles. The predicted octanol–water partition coefficient (Wildman–Crippen LogP) is 3.67. The van der Waals surface area contributed by atoms with Crippen molar-refractivity contribution in [3.05, 3.63) is 101 Å². The molecule has 2 aliphatic rings. The number of aliphatic hydroxyl groups excluding tert-OH is 1. The quantitative estimate of drug-likeness (QED) is 0.367. The maximum absolute atomic E-state index is 13.7. The van der Waals surface area contributed by atoms with Gasteiger partial charge in [0.1, 0.15) is 0 Å². The average Bonchev–Trinajstić information content (AvgIpc) is 3.29. The van der Waals surface area contributed by atoms with Crippen molar-refractivity contribution in [3.63, 3.8) is 0 Å². The Kier molecular flexibility index (Phi) is 7.96. The zero-order valence-corrected chi connectivity index (χ0v) is 24.8. The molecule has 4 N–H and O–H groups in total. The number of nitrogens with two attached hydrogens (primary N) is 1. The number of nitrogens with one attached hydrogen (secondary N) is 1. The number of guanidine groups is 1. The van der Waals surface area contributed by atoms with E-state index in [-0.39, 0.29) is 29.1 Å². The van der Waals surface area contributed by atoms with Crippen LogP contribution in [0.25, 0.3) is 0 Å². The van der Waals surface area contributed by atoms with E-state index in [0.29, 0.717) is 36.0 Å². The third-order valence-corrected chi connectivity index (χ3v) is 9.59. The van der Waals surface area contributed by atoms with Crippen LogP contribution in [0.15, 0.2) is 82.7 Å². The molecule has 3 atom stereocenters. The zero-order chi connectivity index (χ0) is 30.2. The molecule has 0 spiro atoms. The van der Waals surface area contributed by atoms with Crippen LogP contribution in [-0.4, -0.2) is 54.1 Å². The van der Waals surface area contributed by atoms with Crippen molar-refractivity contribution in [2.24, 2.45) is 10.7 Å². The van der Waals surface area contributed by atoms with Gasteiger partial charge in [-0.2, -0.15) is 0 Å². The topological polar surface area (TPSA) is 142 Å². The molecule has 3 aromatic carbocycles. The highest BCUT2D eigenvalue weighted by atomic mass is 32.2. The van der Waals surface area contributed by atoms with Crippen LogP contribution in [0.3, 0.4) is 0 Å². The third kappa shape index (κ3) is 5.56. The Bertz CT molecular complexity index is 1660. The number of carbonyl (C=O) groups excluding carboxylic acids is 2. The van der Waals surface area contributed by atoms with E-state index >= 15 is 0 Å². The lowest BCUT2D eigenvalue weighted by Gasteiger charge is -2.40. The maximum Gasteiger partial charge on any atom is 0.251 e. The van der Waals surface area contributed by atoms with Gasteiger partial charge >= 0.3 is 0 Å². The molecule has 9 nitrogen and oxygen atoms in total. The second-order valence-corrected chi connectivity index (χ2v) is 13.2. The second-order valence-electron chi connectivity index (χ2n) is 11.1. The number of carbonyl (C=O) groups is 2. The number of hydrogen-bond acceptors (Lipinski definition) is 7. The summed E-state index contributed by atoms with van der Waals surface area (Å²) >= 11 is 0. The summed E-state index contributed by atoms with van der Waals surface area (Å²) in [6.45, 7) is 3.94. The van der Waals surface area contributed by atoms with E-state index in [1.807, 2.05) is 38.1 Å². The molecule has 0 aromatic heterocycles. The van der Waals surface area contributed by atoms with Gasteiger partial charge in [0.2, 0.25) is 5.91 Å². The van der Waals surface area contributed by atoms with Crippen LogP contribution in [0.2, 0.25) is 0 Å². The number of aliphatic imine (C=N–C) groups is 1. The van der Waals surface area contributed by atoms with Gasteiger partial charge in [-0.3, -0.25) is 14.5 Å². The highest BCUT2D eigenvalue weighted by molar-refractivity contribution is 7.90. The Morgan fingerprint density at radius 3 is 2.40 bits per heavy atom. The Morgan fingerprint density at radius 2 is 1.74 bits per heavy atom. The first-order valence-electron chi connectivity index (χ1n) is 14.1. The zero-order valence-electron chi connectivity index (χ0n) is 23.9. The van der Waals surface area contributed by atoms with Crippen molar-refractivity contribution in [1.29, 1.82) is 0 Å². The Balaban J connectivity index is 1.57. The summed E-state index contributed by atoms with van der Waals surface area (Å²) in [5, 5.41) is 13.6. The number of sulfone groups is 1. The standard InChI is InChI=1S/C32H36N4O5S/c1-4-32(5-2)19-27(38)36(31(33)35-32)29(22-12-9-14-24(17-22)42(3,40)41)21-11-8-13-23(16-21)30(39)34-28-25-15-7-6-10-20(25)18-26(28)37/h6-17,26,28-29,37H,4-5,18-19H2,1-3H3,(H2,33,35)(H,34,39)/t26-,28-,29-/m1/s1. The molecule has 42 heavy (non-hydrogen) atoms. The Labute approximate surface area is 246 Å².